The molecule has 3 heteroatoms. The van der Waals surface area contributed by atoms with Crippen LogP contribution in [0.5, 0.6) is 0 Å². The van der Waals surface area contributed by atoms with E-state index in [1.54, 1.807) is 12.3 Å². The topological polar surface area (TPSA) is 30.0 Å². The van der Waals surface area contributed by atoms with Crippen molar-refractivity contribution in [3.63, 3.8) is 0 Å². The predicted octanol–water partition coefficient (Wildman–Crippen LogP) is 3.63. The summed E-state index contributed by atoms with van der Waals surface area (Å²) in [6.45, 7) is 2.04. The van der Waals surface area contributed by atoms with Crippen molar-refractivity contribution >= 4 is 22.2 Å². The Hall–Kier alpha value is -1.48. The molecule has 0 radical (unpaired) electrons. The van der Waals surface area contributed by atoms with Gasteiger partial charge in [-0.25, -0.2) is 0 Å². The SMILES string of the molecule is Cc1ccc(-c2ccc(C=O)cn2)cc1Br. The lowest BCUT2D eigenvalue weighted by Crippen LogP contribution is -1.87. The highest BCUT2D eigenvalue weighted by Gasteiger charge is 2.01. The smallest absolute Gasteiger partial charge is 0.151 e. The molecule has 2 aromatic rings. The molecule has 0 atom stereocenters. The summed E-state index contributed by atoms with van der Waals surface area (Å²) in [6, 6.07) is 9.69. The third-order valence-electron chi connectivity index (χ3n) is 2.39. The number of hydrogen-bond donors (Lipinski definition) is 0. The highest BCUT2D eigenvalue weighted by Crippen LogP contribution is 2.24. The first-order chi connectivity index (χ1) is 7.70. The molecule has 0 fully saturated rings. The van der Waals surface area contributed by atoms with Gasteiger partial charge in [-0.3, -0.25) is 9.78 Å². The summed E-state index contributed by atoms with van der Waals surface area (Å²) in [4.78, 5) is 14.7. The molecule has 0 N–H and O–H groups in total. The van der Waals surface area contributed by atoms with E-state index in [1.165, 1.54) is 5.56 Å². The third kappa shape index (κ3) is 2.19. The van der Waals surface area contributed by atoms with Crippen molar-refractivity contribution in [1.29, 1.82) is 0 Å². The van der Waals surface area contributed by atoms with E-state index in [4.69, 9.17) is 0 Å². The van der Waals surface area contributed by atoms with Crippen LogP contribution < -0.4 is 0 Å². The Labute approximate surface area is 102 Å². The van der Waals surface area contributed by atoms with E-state index >= 15 is 0 Å². The second kappa shape index (κ2) is 4.58. The maximum Gasteiger partial charge on any atom is 0.151 e. The Bertz CT molecular complexity index is 520. The van der Waals surface area contributed by atoms with Crippen molar-refractivity contribution in [1.82, 2.24) is 4.98 Å². The summed E-state index contributed by atoms with van der Waals surface area (Å²) in [5, 5.41) is 0. The van der Waals surface area contributed by atoms with Gasteiger partial charge in [0, 0.05) is 21.8 Å². The molecule has 1 heterocycles. The minimum absolute atomic E-state index is 0.593. The van der Waals surface area contributed by atoms with Crippen LogP contribution in [0, 0.1) is 6.92 Å². The van der Waals surface area contributed by atoms with Crippen molar-refractivity contribution in [2.24, 2.45) is 0 Å². The number of hydrogen-bond acceptors (Lipinski definition) is 2. The number of aryl methyl sites for hydroxylation is 1. The first-order valence-electron chi connectivity index (χ1n) is 4.88. The molecule has 0 aliphatic rings. The van der Waals surface area contributed by atoms with E-state index in [-0.39, 0.29) is 0 Å². The molecular formula is C13H10BrNO. The van der Waals surface area contributed by atoms with Crippen LogP contribution >= 0.6 is 15.9 Å². The number of rotatable bonds is 2. The minimum atomic E-state index is 0.593. The van der Waals surface area contributed by atoms with Crippen molar-refractivity contribution in [3.05, 3.63) is 52.1 Å². The zero-order valence-corrected chi connectivity index (χ0v) is 10.4. The predicted molar refractivity (Wildman–Crippen MR) is 67.5 cm³/mol. The minimum Gasteiger partial charge on any atom is -0.298 e. The molecule has 1 aromatic carbocycles. The van der Waals surface area contributed by atoms with E-state index in [0.29, 0.717) is 5.56 Å². The van der Waals surface area contributed by atoms with Gasteiger partial charge in [-0.1, -0.05) is 28.1 Å². The zero-order chi connectivity index (χ0) is 11.5. The van der Waals surface area contributed by atoms with Crippen LogP contribution in [0.4, 0.5) is 0 Å². The van der Waals surface area contributed by atoms with Crippen LogP contribution in [0.1, 0.15) is 15.9 Å². The Kier molecular flexibility index (Phi) is 3.15. The summed E-state index contributed by atoms with van der Waals surface area (Å²) < 4.78 is 1.06. The van der Waals surface area contributed by atoms with Crippen molar-refractivity contribution in [2.75, 3.05) is 0 Å². The largest absolute Gasteiger partial charge is 0.298 e. The van der Waals surface area contributed by atoms with Crippen LogP contribution in [0.2, 0.25) is 0 Å². The fourth-order valence-corrected chi connectivity index (χ4v) is 1.78. The fourth-order valence-electron chi connectivity index (χ4n) is 1.40. The lowest BCUT2D eigenvalue weighted by atomic mass is 10.1. The number of benzene rings is 1. The zero-order valence-electron chi connectivity index (χ0n) is 8.77. The molecule has 0 aliphatic carbocycles. The molecule has 0 unspecified atom stereocenters. The molecule has 2 nitrogen and oxygen atoms in total. The van der Waals surface area contributed by atoms with Crippen LogP contribution in [0.3, 0.4) is 0 Å². The van der Waals surface area contributed by atoms with E-state index < -0.39 is 0 Å². The van der Waals surface area contributed by atoms with Gasteiger partial charge in [0.15, 0.2) is 6.29 Å². The molecule has 0 spiro atoms. The molecule has 0 saturated heterocycles. The molecular weight excluding hydrogens is 266 g/mol. The third-order valence-corrected chi connectivity index (χ3v) is 3.24. The first kappa shape index (κ1) is 11.0. The number of nitrogens with zero attached hydrogens (tertiary/aromatic N) is 1. The van der Waals surface area contributed by atoms with Gasteiger partial charge in [-0.05, 0) is 30.7 Å². The van der Waals surface area contributed by atoms with Crippen LogP contribution in [0.15, 0.2) is 41.0 Å². The highest BCUT2D eigenvalue weighted by atomic mass is 79.9. The lowest BCUT2D eigenvalue weighted by Gasteiger charge is -2.03. The van der Waals surface area contributed by atoms with Crippen molar-refractivity contribution in [3.8, 4) is 11.3 Å². The van der Waals surface area contributed by atoms with Gasteiger partial charge in [-0.2, -0.15) is 0 Å². The average Bonchev–Trinajstić information content (AvgIpc) is 2.33. The van der Waals surface area contributed by atoms with Gasteiger partial charge in [0.25, 0.3) is 0 Å². The number of aldehydes is 1. The number of aromatic nitrogens is 1. The summed E-state index contributed by atoms with van der Waals surface area (Å²) >= 11 is 3.49. The molecule has 0 aliphatic heterocycles. The summed E-state index contributed by atoms with van der Waals surface area (Å²) in [5.41, 5.74) is 3.68. The molecule has 0 amide bonds. The molecule has 2 rings (SSSR count). The Morgan fingerprint density at radius 1 is 1.25 bits per heavy atom. The quantitative estimate of drug-likeness (QED) is 0.784. The summed E-state index contributed by atoms with van der Waals surface area (Å²) in [6.07, 6.45) is 2.37. The highest BCUT2D eigenvalue weighted by molar-refractivity contribution is 9.10. The van der Waals surface area contributed by atoms with Crippen molar-refractivity contribution < 1.29 is 4.79 Å². The Morgan fingerprint density at radius 3 is 2.62 bits per heavy atom. The van der Waals surface area contributed by atoms with Gasteiger partial charge in [0.1, 0.15) is 0 Å². The van der Waals surface area contributed by atoms with E-state index in [1.807, 2.05) is 31.2 Å². The molecule has 0 bridgehead atoms. The van der Waals surface area contributed by atoms with Gasteiger partial charge >= 0.3 is 0 Å². The normalized spacial score (nSPS) is 10.1. The van der Waals surface area contributed by atoms with Crippen LogP contribution in [-0.4, -0.2) is 11.3 Å². The molecule has 0 saturated carbocycles. The van der Waals surface area contributed by atoms with Crippen molar-refractivity contribution in [2.45, 2.75) is 6.92 Å². The monoisotopic (exact) mass is 275 g/mol. The number of halogens is 1. The van der Waals surface area contributed by atoms with Gasteiger partial charge in [0.05, 0.1) is 5.69 Å². The van der Waals surface area contributed by atoms with Gasteiger partial charge in [-0.15, -0.1) is 0 Å². The number of pyridine rings is 1. The fraction of sp³-hybridized carbons (Fsp3) is 0.0769. The second-order valence-corrected chi connectivity index (χ2v) is 4.41. The maximum atomic E-state index is 10.5. The lowest BCUT2D eigenvalue weighted by molar-refractivity contribution is 0.112. The summed E-state index contributed by atoms with van der Waals surface area (Å²) in [5.74, 6) is 0. The average molecular weight is 276 g/mol. The van der Waals surface area contributed by atoms with Gasteiger partial charge < -0.3 is 0 Å². The van der Waals surface area contributed by atoms with E-state index in [0.717, 1.165) is 22.0 Å². The Morgan fingerprint density at radius 2 is 2.06 bits per heavy atom. The van der Waals surface area contributed by atoms with Crippen LogP contribution in [-0.2, 0) is 0 Å². The van der Waals surface area contributed by atoms with Crippen LogP contribution in [0.25, 0.3) is 11.3 Å². The van der Waals surface area contributed by atoms with E-state index in [2.05, 4.69) is 20.9 Å². The van der Waals surface area contributed by atoms with E-state index in [9.17, 15) is 4.79 Å². The summed E-state index contributed by atoms with van der Waals surface area (Å²) in [7, 11) is 0. The standard InChI is InChI=1S/C13H10BrNO/c1-9-2-4-11(6-12(9)14)13-5-3-10(8-16)7-15-13/h2-8H,1H3. The maximum absolute atomic E-state index is 10.5. The first-order valence-corrected chi connectivity index (χ1v) is 5.68. The number of carbonyl (C=O) groups excluding carboxylic acids is 1. The molecule has 1 aromatic heterocycles. The molecule has 80 valence electrons. The Balaban J connectivity index is 2.42. The second-order valence-electron chi connectivity index (χ2n) is 3.56. The number of carbonyl (C=O) groups is 1. The van der Waals surface area contributed by atoms with Gasteiger partial charge in [0.2, 0.25) is 0 Å². The molecule has 16 heavy (non-hydrogen) atoms.